The Labute approximate surface area is 103 Å². The molecule has 88 valence electrons. The fourth-order valence-corrected chi connectivity index (χ4v) is 3.23. The topological polar surface area (TPSA) is 27.0 Å². The third kappa shape index (κ3) is 1.61. The van der Waals surface area contributed by atoms with E-state index in [9.17, 15) is 5.26 Å². The van der Waals surface area contributed by atoms with Crippen LogP contribution in [0.25, 0.3) is 0 Å². The Morgan fingerprint density at radius 1 is 1.29 bits per heavy atom. The van der Waals surface area contributed by atoms with E-state index in [1.165, 1.54) is 48.3 Å². The zero-order valence-electron chi connectivity index (χ0n) is 10.4. The van der Waals surface area contributed by atoms with Crippen molar-refractivity contribution in [2.24, 2.45) is 0 Å². The first-order chi connectivity index (χ1) is 8.33. The van der Waals surface area contributed by atoms with Crippen LogP contribution in [0.15, 0.2) is 12.1 Å². The summed E-state index contributed by atoms with van der Waals surface area (Å²) in [4.78, 5) is 2.52. The molecule has 2 aliphatic rings. The second kappa shape index (κ2) is 4.07. The average molecular weight is 226 g/mol. The number of benzene rings is 1. The molecule has 0 saturated carbocycles. The molecular formula is C15H18N2. The van der Waals surface area contributed by atoms with Crippen LogP contribution in [0, 0.1) is 11.3 Å². The van der Waals surface area contributed by atoms with Gasteiger partial charge in [0, 0.05) is 18.8 Å². The van der Waals surface area contributed by atoms with Crippen molar-refractivity contribution in [3.63, 3.8) is 0 Å². The normalized spacial score (nSPS) is 18.7. The van der Waals surface area contributed by atoms with Crippen LogP contribution in [-0.2, 0) is 12.8 Å². The minimum absolute atomic E-state index is 0.0764. The van der Waals surface area contributed by atoms with Gasteiger partial charge in [0.15, 0.2) is 0 Å². The highest BCUT2D eigenvalue weighted by molar-refractivity contribution is 5.66. The highest BCUT2D eigenvalue weighted by Crippen LogP contribution is 2.38. The number of anilines is 1. The number of nitriles is 1. The van der Waals surface area contributed by atoms with Gasteiger partial charge in [-0.2, -0.15) is 5.26 Å². The summed E-state index contributed by atoms with van der Waals surface area (Å²) >= 11 is 0. The van der Waals surface area contributed by atoms with Crippen molar-refractivity contribution in [1.29, 1.82) is 5.26 Å². The molecule has 0 spiro atoms. The van der Waals surface area contributed by atoms with E-state index in [1.54, 1.807) is 0 Å². The number of hydrogen-bond acceptors (Lipinski definition) is 2. The van der Waals surface area contributed by atoms with Gasteiger partial charge in [0.2, 0.25) is 0 Å². The molecule has 2 heterocycles. The molecule has 1 unspecified atom stereocenters. The molecule has 0 saturated heterocycles. The van der Waals surface area contributed by atoms with E-state index in [1.807, 2.05) is 0 Å². The SMILES string of the molecule is CCC(C#N)c1cc2c3c(c1)CCN3CCC2. The first kappa shape index (κ1) is 10.7. The summed E-state index contributed by atoms with van der Waals surface area (Å²) in [5.41, 5.74) is 5.70. The molecule has 2 nitrogen and oxygen atoms in total. The Bertz CT molecular complexity index is 484. The zero-order chi connectivity index (χ0) is 11.8. The Hall–Kier alpha value is -1.49. The summed E-state index contributed by atoms with van der Waals surface area (Å²) in [5, 5.41) is 9.20. The molecule has 0 aliphatic carbocycles. The maximum absolute atomic E-state index is 9.20. The van der Waals surface area contributed by atoms with Gasteiger partial charge in [-0.05, 0) is 42.4 Å². The molecule has 0 N–H and O–H groups in total. The van der Waals surface area contributed by atoms with E-state index in [0.717, 1.165) is 12.8 Å². The van der Waals surface area contributed by atoms with Crippen molar-refractivity contribution >= 4 is 5.69 Å². The molecule has 1 aromatic carbocycles. The van der Waals surface area contributed by atoms with Crippen LogP contribution in [0.4, 0.5) is 5.69 Å². The second-order valence-electron chi connectivity index (χ2n) is 5.12. The predicted molar refractivity (Wildman–Crippen MR) is 69.3 cm³/mol. The van der Waals surface area contributed by atoms with E-state index < -0.39 is 0 Å². The molecule has 2 heteroatoms. The van der Waals surface area contributed by atoms with Crippen molar-refractivity contribution in [1.82, 2.24) is 0 Å². The van der Waals surface area contributed by atoms with Crippen LogP contribution >= 0.6 is 0 Å². The Balaban J connectivity index is 2.08. The monoisotopic (exact) mass is 226 g/mol. The first-order valence-corrected chi connectivity index (χ1v) is 6.63. The molecule has 1 aromatic rings. The molecule has 0 fully saturated rings. The van der Waals surface area contributed by atoms with E-state index >= 15 is 0 Å². The second-order valence-corrected chi connectivity index (χ2v) is 5.12. The van der Waals surface area contributed by atoms with E-state index in [2.05, 4.69) is 30.0 Å². The minimum atomic E-state index is 0.0764. The number of nitrogens with zero attached hydrogens (tertiary/aromatic N) is 2. The van der Waals surface area contributed by atoms with Gasteiger partial charge in [0.1, 0.15) is 0 Å². The van der Waals surface area contributed by atoms with Gasteiger partial charge in [0.05, 0.1) is 12.0 Å². The van der Waals surface area contributed by atoms with Crippen molar-refractivity contribution in [2.45, 2.75) is 38.5 Å². The summed E-state index contributed by atoms with van der Waals surface area (Å²) in [7, 11) is 0. The van der Waals surface area contributed by atoms with Crippen LogP contribution < -0.4 is 4.90 Å². The smallest absolute Gasteiger partial charge is 0.0710 e. The highest BCUT2D eigenvalue weighted by atomic mass is 15.2. The highest BCUT2D eigenvalue weighted by Gasteiger charge is 2.26. The summed E-state index contributed by atoms with van der Waals surface area (Å²) in [6, 6.07) is 6.99. The summed E-state index contributed by atoms with van der Waals surface area (Å²) in [6.45, 7) is 4.49. The average Bonchev–Trinajstić information content (AvgIpc) is 2.76. The summed E-state index contributed by atoms with van der Waals surface area (Å²) in [6.07, 6.45) is 4.53. The largest absolute Gasteiger partial charge is 0.371 e. The third-order valence-electron chi connectivity index (χ3n) is 4.10. The molecule has 0 amide bonds. The molecule has 0 aromatic heterocycles. The summed E-state index contributed by atoms with van der Waals surface area (Å²) < 4.78 is 0. The molecule has 3 rings (SSSR count). The van der Waals surface area contributed by atoms with Gasteiger partial charge in [-0.3, -0.25) is 0 Å². The number of rotatable bonds is 2. The van der Waals surface area contributed by atoms with Crippen molar-refractivity contribution < 1.29 is 0 Å². The fraction of sp³-hybridized carbons (Fsp3) is 0.533. The number of aryl methyl sites for hydroxylation is 1. The zero-order valence-corrected chi connectivity index (χ0v) is 10.4. The Morgan fingerprint density at radius 2 is 2.06 bits per heavy atom. The number of hydrogen-bond donors (Lipinski definition) is 0. The van der Waals surface area contributed by atoms with E-state index in [-0.39, 0.29) is 5.92 Å². The predicted octanol–water partition coefficient (Wildman–Crippen LogP) is 3.01. The van der Waals surface area contributed by atoms with Gasteiger partial charge in [-0.1, -0.05) is 19.1 Å². The fourth-order valence-electron chi connectivity index (χ4n) is 3.23. The van der Waals surface area contributed by atoms with Crippen molar-refractivity contribution in [2.75, 3.05) is 18.0 Å². The van der Waals surface area contributed by atoms with Gasteiger partial charge in [-0.15, -0.1) is 0 Å². The lowest BCUT2D eigenvalue weighted by molar-refractivity contribution is 0.717. The van der Waals surface area contributed by atoms with Gasteiger partial charge in [-0.25, -0.2) is 0 Å². The van der Waals surface area contributed by atoms with Gasteiger partial charge < -0.3 is 4.90 Å². The van der Waals surface area contributed by atoms with Gasteiger partial charge >= 0.3 is 0 Å². The lowest BCUT2D eigenvalue weighted by atomic mass is 9.90. The lowest BCUT2D eigenvalue weighted by Gasteiger charge is -2.28. The molecular weight excluding hydrogens is 208 g/mol. The van der Waals surface area contributed by atoms with Gasteiger partial charge in [0.25, 0.3) is 0 Å². The lowest BCUT2D eigenvalue weighted by Crippen LogP contribution is -2.26. The minimum Gasteiger partial charge on any atom is -0.371 e. The molecule has 2 aliphatic heterocycles. The van der Waals surface area contributed by atoms with Crippen LogP contribution in [0.1, 0.15) is 42.4 Å². The first-order valence-electron chi connectivity index (χ1n) is 6.63. The Morgan fingerprint density at radius 3 is 2.76 bits per heavy atom. The van der Waals surface area contributed by atoms with Crippen LogP contribution in [0.2, 0.25) is 0 Å². The third-order valence-corrected chi connectivity index (χ3v) is 4.10. The molecule has 1 atom stereocenters. The van der Waals surface area contributed by atoms with Crippen molar-refractivity contribution in [3.05, 3.63) is 28.8 Å². The van der Waals surface area contributed by atoms with Crippen LogP contribution in [0.5, 0.6) is 0 Å². The molecule has 17 heavy (non-hydrogen) atoms. The molecule has 0 radical (unpaired) electrons. The Kier molecular flexibility index (Phi) is 2.55. The quantitative estimate of drug-likeness (QED) is 0.775. The standard InChI is InChI=1S/C15H18N2/c1-2-11(10-16)14-8-12-4-3-6-17-7-5-13(9-14)15(12)17/h8-9,11H,2-7H2,1H3. The van der Waals surface area contributed by atoms with E-state index in [0.29, 0.717) is 0 Å². The summed E-state index contributed by atoms with van der Waals surface area (Å²) in [5.74, 6) is 0.0764. The van der Waals surface area contributed by atoms with Crippen LogP contribution in [0.3, 0.4) is 0 Å². The molecule has 0 bridgehead atoms. The van der Waals surface area contributed by atoms with Crippen molar-refractivity contribution in [3.8, 4) is 6.07 Å². The maximum Gasteiger partial charge on any atom is 0.0710 e. The maximum atomic E-state index is 9.20. The van der Waals surface area contributed by atoms with Crippen LogP contribution in [-0.4, -0.2) is 13.1 Å². The van der Waals surface area contributed by atoms with E-state index in [4.69, 9.17) is 0 Å².